The number of hydrogen-bond acceptors (Lipinski definition) is 7. The third-order valence-corrected chi connectivity index (χ3v) is 9.43. The molecule has 0 fully saturated rings. The number of aliphatic imine (C=N–C) groups is 1. The Hall–Kier alpha value is -3.97. The molecule has 4 unspecified atom stereocenters. The number of isocyanates is 1. The molecule has 4 atom stereocenters. The smallest absolute Gasteiger partial charge is 0.262 e. The number of aliphatic hydroxyl groups excluding tert-OH is 1. The Labute approximate surface area is 279 Å². The molecular weight excluding hydrogens is 590 g/mol. The second kappa shape index (κ2) is 18.4. The first kappa shape index (κ1) is 37.5. The van der Waals surface area contributed by atoms with Crippen molar-refractivity contribution in [3.63, 3.8) is 0 Å². The summed E-state index contributed by atoms with van der Waals surface area (Å²) in [5, 5.41) is 8.93. The van der Waals surface area contributed by atoms with Gasteiger partial charge in [0, 0.05) is 12.5 Å². The first-order valence-corrected chi connectivity index (χ1v) is 16.8. The minimum atomic E-state index is -0.148. The Bertz CT molecular complexity index is 1450. The fourth-order valence-corrected chi connectivity index (χ4v) is 6.15. The van der Waals surface area contributed by atoms with Gasteiger partial charge in [0.1, 0.15) is 0 Å². The van der Waals surface area contributed by atoms with E-state index in [0.29, 0.717) is 23.0 Å². The first-order valence-electron chi connectivity index (χ1n) is 16.8. The molecule has 8 nitrogen and oxygen atoms in total. The summed E-state index contributed by atoms with van der Waals surface area (Å²) in [5.41, 5.74) is 12.5. The van der Waals surface area contributed by atoms with Crippen LogP contribution in [-0.2, 0) is 9.59 Å². The average molecular weight is 642 g/mol. The Morgan fingerprint density at radius 1 is 0.723 bits per heavy atom. The van der Waals surface area contributed by atoms with Gasteiger partial charge in [-0.3, -0.25) is 19.3 Å². The van der Waals surface area contributed by atoms with Crippen molar-refractivity contribution in [3.8, 4) is 0 Å². The summed E-state index contributed by atoms with van der Waals surface area (Å²) in [6.45, 7) is 9.92. The highest BCUT2D eigenvalue weighted by atomic mass is 16.3. The maximum absolute atomic E-state index is 12.2. The van der Waals surface area contributed by atoms with Crippen LogP contribution in [0.25, 0.3) is 0 Å². The largest absolute Gasteiger partial charge is 0.389 e. The molecule has 2 amide bonds. The lowest BCUT2D eigenvalue weighted by Crippen LogP contribution is -2.39. The zero-order valence-electron chi connectivity index (χ0n) is 28.6. The predicted molar refractivity (Wildman–Crippen MR) is 187 cm³/mol. The monoisotopic (exact) mass is 641 g/mol. The Morgan fingerprint density at radius 3 is 1.60 bits per heavy atom. The van der Waals surface area contributed by atoms with E-state index in [4.69, 9.17) is 10.8 Å². The quantitative estimate of drug-likeness (QED) is 0.151. The van der Waals surface area contributed by atoms with Crippen molar-refractivity contribution in [1.82, 2.24) is 4.90 Å². The van der Waals surface area contributed by atoms with Crippen LogP contribution in [0.5, 0.6) is 0 Å². The molecular formula is C39H51N3O5. The summed E-state index contributed by atoms with van der Waals surface area (Å²) in [5.74, 6) is 0.0236. The Kier molecular flexibility index (Phi) is 14.7. The fourth-order valence-electron chi connectivity index (χ4n) is 6.15. The van der Waals surface area contributed by atoms with Gasteiger partial charge in [0.15, 0.2) is 5.78 Å². The number of ketones is 1. The van der Waals surface area contributed by atoms with Crippen LogP contribution in [0.2, 0.25) is 0 Å². The number of fused-ring (bicyclic) bond motifs is 1. The van der Waals surface area contributed by atoms with Gasteiger partial charge in [0.05, 0.1) is 29.3 Å². The molecule has 5 aliphatic carbocycles. The zero-order valence-corrected chi connectivity index (χ0v) is 28.6. The van der Waals surface area contributed by atoms with Crippen molar-refractivity contribution in [2.24, 2.45) is 10.7 Å². The number of nitrogens with zero attached hydrogens (tertiary/aromatic N) is 2. The number of hydrogen-bond donors (Lipinski definition) is 2. The van der Waals surface area contributed by atoms with E-state index in [1.54, 1.807) is 30.3 Å². The van der Waals surface area contributed by atoms with E-state index in [1.165, 1.54) is 22.5 Å². The molecule has 3 N–H and O–H groups in total. The van der Waals surface area contributed by atoms with Crippen LogP contribution in [0, 0.1) is 0 Å². The van der Waals surface area contributed by atoms with Crippen LogP contribution < -0.4 is 5.73 Å². The Morgan fingerprint density at radius 2 is 1.28 bits per heavy atom. The molecule has 252 valence electrons. The molecule has 0 spiro atoms. The van der Waals surface area contributed by atoms with Crippen molar-refractivity contribution in [2.45, 2.75) is 123 Å². The van der Waals surface area contributed by atoms with Gasteiger partial charge in [-0.15, -0.1) is 0 Å². The van der Waals surface area contributed by atoms with Gasteiger partial charge in [-0.2, -0.15) is 4.99 Å². The lowest BCUT2D eigenvalue weighted by Gasteiger charge is -2.23. The van der Waals surface area contributed by atoms with Gasteiger partial charge >= 0.3 is 0 Å². The number of nitrogens with two attached hydrogens (primary N) is 1. The van der Waals surface area contributed by atoms with E-state index >= 15 is 0 Å². The second-order valence-corrected chi connectivity index (χ2v) is 12.9. The molecule has 7 rings (SSSR count). The first-order chi connectivity index (χ1) is 22.5. The molecule has 1 heterocycles. The normalized spacial score (nSPS) is 25.2. The van der Waals surface area contributed by atoms with Crippen LogP contribution in [-0.4, -0.2) is 57.9 Å². The van der Waals surface area contributed by atoms with Gasteiger partial charge in [-0.1, -0.05) is 59.2 Å². The highest BCUT2D eigenvalue weighted by molar-refractivity contribution is 6.21. The van der Waals surface area contributed by atoms with E-state index in [1.807, 2.05) is 33.8 Å². The standard InChI is InChI=1S/C14H13NO2.C7H9NO.C6H11N.C6H10O.C6H8O/c1-9-5-4-8-12(9)15-13(16)10-6-2-3-7-11(10)14(15)17;1-6-3-2-4-7(6)8-5-9;3*1-5-3-2-4-6(5)7/h2-3,5-7,12H,4,8H2,1H3;3,7H,2,4H2,1H3;3,6H,2,4,7H2,1H3;3,6-7H,2,4H2,1H3;3H,2,4H2,1H3. The summed E-state index contributed by atoms with van der Waals surface area (Å²) in [6.07, 6.45) is 21.9. The molecule has 1 aromatic carbocycles. The maximum Gasteiger partial charge on any atom is 0.262 e. The number of carbonyl (C=O) groups is 3. The molecule has 1 aliphatic heterocycles. The van der Waals surface area contributed by atoms with Crippen molar-refractivity contribution in [3.05, 3.63) is 93.6 Å². The molecule has 0 saturated heterocycles. The predicted octanol–water partition coefficient (Wildman–Crippen LogP) is 7.26. The van der Waals surface area contributed by atoms with Gasteiger partial charge < -0.3 is 10.8 Å². The number of carbonyl (C=O) groups excluding carboxylic acids is 4. The van der Waals surface area contributed by atoms with Gasteiger partial charge in [0.2, 0.25) is 6.08 Å². The van der Waals surface area contributed by atoms with Gasteiger partial charge in [-0.25, -0.2) is 4.79 Å². The lowest BCUT2D eigenvalue weighted by atomic mass is 10.1. The summed E-state index contributed by atoms with van der Waals surface area (Å²) in [6, 6.07) is 7.52. The number of amides is 2. The summed E-state index contributed by atoms with van der Waals surface area (Å²) in [7, 11) is 0. The van der Waals surface area contributed by atoms with E-state index < -0.39 is 0 Å². The molecule has 47 heavy (non-hydrogen) atoms. The van der Waals surface area contributed by atoms with Crippen LogP contribution in [0.15, 0.2) is 87.5 Å². The van der Waals surface area contributed by atoms with Crippen LogP contribution in [0.4, 0.5) is 0 Å². The SMILES string of the molecule is CC1=CCCC1=O.CC1=CCCC1N.CC1=CCCC1N1C(=O)c2ccccc2C1=O.CC1=CCCC1N=C=O.CC1=CCCC1O. The fraction of sp³-hybridized carbons (Fsp3) is 0.487. The van der Waals surface area contributed by atoms with Crippen LogP contribution >= 0.6 is 0 Å². The molecule has 0 bridgehead atoms. The van der Waals surface area contributed by atoms with Crippen molar-refractivity contribution in [2.75, 3.05) is 0 Å². The lowest BCUT2D eigenvalue weighted by molar-refractivity contribution is -0.114. The molecule has 8 heteroatoms. The van der Waals surface area contributed by atoms with Gasteiger partial charge in [0.25, 0.3) is 11.8 Å². The summed E-state index contributed by atoms with van der Waals surface area (Å²) >= 11 is 0. The van der Waals surface area contributed by atoms with E-state index in [2.05, 4.69) is 36.2 Å². The average Bonchev–Trinajstić information content (AvgIpc) is 3.92. The summed E-state index contributed by atoms with van der Waals surface area (Å²) < 4.78 is 0. The molecule has 0 saturated carbocycles. The van der Waals surface area contributed by atoms with E-state index in [-0.39, 0.29) is 30.0 Å². The van der Waals surface area contributed by atoms with Crippen molar-refractivity contribution >= 4 is 23.7 Å². The number of Topliss-reactive ketones (excluding diaryl/α,β-unsaturated/α-hetero) is 1. The maximum atomic E-state index is 12.2. The minimum absolute atomic E-state index is 0.0394. The Balaban J connectivity index is 0.000000171. The zero-order chi connectivity index (χ0) is 34.5. The number of benzene rings is 1. The van der Waals surface area contributed by atoms with Crippen molar-refractivity contribution < 1.29 is 24.3 Å². The molecule has 0 radical (unpaired) electrons. The van der Waals surface area contributed by atoms with Crippen molar-refractivity contribution in [1.29, 1.82) is 0 Å². The number of aliphatic hydroxyl groups is 1. The number of allylic oxidation sites excluding steroid dienone is 6. The second-order valence-electron chi connectivity index (χ2n) is 12.9. The highest BCUT2D eigenvalue weighted by Gasteiger charge is 2.40. The third kappa shape index (κ3) is 10.5. The molecule has 0 aromatic heterocycles. The van der Waals surface area contributed by atoms with E-state index in [9.17, 15) is 19.2 Å². The topological polar surface area (TPSA) is 130 Å². The van der Waals surface area contributed by atoms with Gasteiger partial charge in [-0.05, 0) is 116 Å². The third-order valence-electron chi connectivity index (χ3n) is 9.43. The molecule has 6 aliphatic rings. The number of imide groups is 1. The number of rotatable bonds is 2. The highest BCUT2D eigenvalue weighted by Crippen LogP contribution is 2.31. The van der Waals surface area contributed by atoms with Crippen LogP contribution in [0.3, 0.4) is 0 Å². The summed E-state index contributed by atoms with van der Waals surface area (Å²) in [4.78, 5) is 49.8. The van der Waals surface area contributed by atoms with Crippen LogP contribution in [0.1, 0.15) is 120 Å². The van der Waals surface area contributed by atoms with E-state index in [0.717, 1.165) is 74.5 Å². The molecule has 1 aromatic rings. The minimum Gasteiger partial charge on any atom is -0.389 e.